The number of allylic oxidation sites excluding steroid dienone is 2. The number of hydrogen-bond acceptors (Lipinski definition) is 0. The Morgan fingerprint density at radius 3 is 2.50 bits per heavy atom. The second-order valence-corrected chi connectivity index (χ2v) is 6.22. The van der Waals surface area contributed by atoms with E-state index in [2.05, 4.69) is 32.9 Å². The van der Waals surface area contributed by atoms with E-state index in [1.165, 1.54) is 12.8 Å². The summed E-state index contributed by atoms with van der Waals surface area (Å²) >= 11 is 0. The van der Waals surface area contributed by atoms with Crippen LogP contribution in [0.25, 0.3) is 0 Å². The normalized spacial score (nSPS) is 54.6. The second-order valence-electron chi connectivity index (χ2n) is 6.22. The zero-order valence-electron chi connectivity index (χ0n) is 9.61. The molecule has 0 aliphatic heterocycles. The highest BCUT2D eigenvalue weighted by atomic mass is 14.6. The van der Waals surface area contributed by atoms with Crippen molar-refractivity contribution in [3.05, 3.63) is 12.2 Å². The number of hydrogen-bond donors (Lipinski definition) is 0. The van der Waals surface area contributed by atoms with Gasteiger partial charge < -0.3 is 0 Å². The molecule has 0 saturated heterocycles. The predicted octanol–water partition coefficient (Wildman–Crippen LogP) is 3.74. The van der Waals surface area contributed by atoms with Crippen molar-refractivity contribution in [1.82, 2.24) is 0 Å². The zero-order chi connectivity index (χ0) is 9.87. The van der Waals surface area contributed by atoms with Gasteiger partial charge in [0.05, 0.1) is 0 Å². The maximum absolute atomic E-state index is 2.53. The molecule has 0 aromatic carbocycles. The quantitative estimate of drug-likeness (QED) is 0.553. The Morgan fingerprint density at radius 2 is 1.79 bits per heavy atom. The van der Waals surface area contributed by atoms with E-state index in [-0.39, 0.29) is 0 Å². The number of fused-ring (bicyclic) bond motifs is 5. The Morgan fingerprint density at radius 1 is 1.07 bits per heavy atom. The molecule has 14 heavy (non-hydrogen) atoms. The smallest absolute Gasteiger partial charge is 0.0194 e. The standard InChI is InChI=1S/C14H22/c1-8(2)13-9(3)6-12-10-4-5-11(7-10)14(12)13/h4-5,8-14H,6-7H2,1-3H3. The van der Waals surface area contributed by atoms with E-state index in [1.807, 2.05) is 0 Å². The van der Waals surface area contributed by atoms with Gasteiger partial charge in [-0.25, -0.2) is 0 Å². The fourth-order valence-electron chi connectivity index (χ4n) is 4.93. The molecular weight excluding hydrogens is 168 g/mol. The largest absolute Gasteiger partial charge is 0.0848 e. The van der Waals surface area contributed by atoms with Crippen molar-refractivity contribution < 1.29 is 0 Å². The average molecular weight is 190 g/mol. The minimum atomic E-state index is 0.896. The fraction of sp³-hybridized carbons (Fsp3) is 0.857. The molecule has 2 fully saturated rings. The molecule has 0 radical (unpaired) electrons. The van der Waals surface area contributed by atoms with Crippen LogP contribution in [-0.4, -0.2) is 0 Å². The van der Waals surface area contributed by atoms with Crippen molar-refractivity contribution in [2.45, 2.75) is 33.6 Å². The van der Waals surface area contributed by atoms with Crippen LogP contribution in [0.15, 0.2) is 12.2 Å². The van der Waals surface area contributed by atoms with Gasteiger partial charge in [-0.15, -0.1) is 0 Å². The molecule has 0 nitrogen and oxygen atoms in total. The molecule has 0 aromatic rings. The van der Waals surface area contributed by atoms with Crippen LogP contribution < -0.4 is 0 Å². The van der Waals surface area contributed by atoms with Gasteiger partial charge in [-0.3, -0.25) is 0 Å². The Kier molecular flexibility index (Phi) is 1.84. The molecule has 78 valence electrons. The van der Waals surface area contributed by atoms with Crippen LogP contribution in [0.1, 0.15) is 33.6 Å². The van der Waals surface area contributed by atoms with E-state index in [9.17, 15) is 0 Å². The summed E-state index contributed by atoms with van der Waals surface area (Å²) in [6, 6.07) is 0. The molecule has 0 aromatic heterocycles. The SMILES string of the molecule is CC(C)C1C(C)CC2C3C=CC(C3)C21. The summed E-state index contributed by atoms with van der Waals surface area (Å²) in [7, 11) is 0. The highest BCUT2D eigenvalue weighted by molar-refractivity contribution is 5.17. The van der Waals surface area contributed by atoms with Crippen LogP contribution in [0.3, 0.4) is 0 Å². The summed E-state index contributed by atoms with van der Waals surface area (Å²) in [4.78, 5) is 0. The summed E-state index contributed by atoms with van der Waals surface area (Å²) < 4.78 is 0. The van der Waals surface area contributed by atoms with Gasteiger partial charge in [0, 0.05) is 0 Å². The Bertz CT molecular complexity index is 263. The molecule has 2 saturated carbocycles. The Labute approximate surface area is 87.8 Å². The van der Waals surface area contributed by atoms with E-state index < -0.39 is 0 Å². The monoisotopic (exact) mass is 190 g/mol. The molecule has 6 atom stereocenters. The van der Waals surface area contributed by atoms with Crippen LogP contribution in [0.4, 0.5) is 0 Å². The first-order valence-electron chi connectivity index (χ1n) is 6.37. The summed E-state index contributed by atoms with van der Waals surface area (Å²) in [5.41, 5.74) is 0. The van der Waals surface area contributed by atoms with E-state index >= 15 is 0 Å². The van der Waals surface area contributed by atoms with Crippen molar-refractivity contribution in [2.24, 2.45) is 41.4 Å². The van der Waals surface area contributed by atoms with Crippen molar-refractivity contribution in [3.63, 3.8) is 0 Å². The molecule has 6 unspecified atom stereocenters. The van der Waals surface area contributed by atoms with Crippen molar-refractivity contribution >= 4 is 0 Å². The highest BCUT2D eigenvalue weighted by Gasteiger charge is 2.54. The molecule has 2 bridgehead atoms. The molecule has 0 heterocycles. The van der Waals surface area contributed by atoms with Crippen molar-refractivity contribution in [1.29, 1.82) is 0 Å². The molecular formula is C14H22. The summed E-state index contributed by atoms with van der Waals surface area (Å²) in [5, 5.41) is 0. The molecule has 0 heteroatoms. The minimum Gasteiger partial charge on any atom is -0.0848 e. The van der Waals surface area contributed by atoms with Gasteiger partial charge >= 0.3 is 0 Å². The first-order valence-corrected chi connectivity index (χ1v) is 6.37. The van der Waals surface area contributed by atoms with Gasteiger partial charge in [0.2, 0.25) is 0 Å². The lowest BCUT2D eigenvalue weighted by molar-refractivity contribution is 0.203. The third kappa shape index (κ3) is 1.00. The summed E-state index contributed by atoms with van der Waals surface area (Å²) in [5.74, 6) is 6.94. The lowest BCUT2D eigenvalue weighted by Crippen LogP contribution is -2.25. The lowest BCUT2D eigenvalue weighted by Gasteiger charge is -2.30. The molecule has 3 aliphatic carbocycles. The summed E-state index contributed by atoms with van der Waals surface area (Å²) in [6.07, 6.45) is 8.05. The Hall–Kier alpha value is -0.260. The van der Waals surface area contributed by atoms with Gasteiger partial charge in [0.1, 0.15) is 0 Å². The first-order chi connectivity index (χ1) is 6.68. The molecule has 3 aliphatic rings. The van der Waals surface area contributed by atoms with Gasteiger partial charge in [-0.05, 0) is 54.3 Å². The Balaban J connectivity index is 1.91. The topological polar surface area (TPSA) is 0 Å². The van der Waals surface area contributed by atoms with E-state index in [0.717, 1.165) is 41.4 Å². The maximum atomic E-state index is 2.53. The average Bonchev–Trinajstić information content (AvgIpc) is 2.70. The van der Waals surface area contributed by atoms with E-state index in [4.69, 9.17) is 0 Å². The molecule has 0 amide bonds. The maximum Gasteiger partial charge on any atom is -0.0194 e. The van der Waals surface area contributed by atoms with Crippen LogP contribution >= 0.6 is 0 Å². The second kappa shape index (κ2) is 2.87. The highest BCUT2D eigenvalue weighted by Crippen LogP contribution is 2.60. The van der Waals surface area contributed by atoms with Crippen molar-refractivity contribution in [3.8, 4) is 0 Å². The predicted molar refractivity (Wildman–Crippen MR) is 59.8 cm³/mol. The van der Waals surface area contributed by atoms with Crippen molar-refractivity contribution in [2.75, 3.05) is 0 Å². The third-order valence-corrected chi connectivity index (χ3v) is 5.20. The lowest BCUT2D eigenvalue weighted by atomic mass is 9.75. The van der Waals surface area contributed by atoms with Gasteiger partial charge in [0.15, 0.2) is 0 Å². The van der Waals surface area contributed by atoms with Crippen LogP contribution in [0, 0.1) is 41.4 Å². The molecule has 0 N–H and O–H groups in total. The molecule has 3 rings (SSSR count). The van der Waals surface area contributed by atoms with E-state index in [1.54, 1.807) is 0 Å². The van der Waals surface area contributed by atoms with Crippen LogP contribution in [-0.2, 0) is 0 Å². The zero-order valence-corrected chi connectivity index (χ0v) is 9.61. The third-order valence-electron chi connectivity index (χ3n) is 5.20. The fourth-order valence-corrected chi connectivity index (χ4v) is 4.93. The first kappa shape index (κ1) is 9.00. The van der Waals surface area contributed by atoms with Gasteiger partial charge in [0.25, 0.3) is 0 Å². The van der Waals surface area contributed by atoms with Crippen LogP contribution in [0.5, 0.6) is 0 Å². The number of rotatable bonds is 1. The van der Waals surface area contributed by atoms with Gasteiger partial charge in [-0.2, -0.15) is 0 Å². The van der Waals surface area contributed by atoms with Gasteiger partial charge in [-0.1, -0.05) is 32.9 Å². The minimum absolute atomic E-state index is 0.896. The summed E-state index contributed by atoms with van der Waals surface area (Å²) in [6.45, 7) is 7.35. The van der Waals surface area contributed by atoms with E-state index in [0.29, 0.717) is 0 Å². The van der Waals surface area contributed by atoms with Crippen LogP contribution in [0.2, 0.25) is 0 Å². The molecule has 0 spiro atoms.